The first-order valence-corrected chi connectivity index (χ1v) is 5.00. The molecule has 0 spiro atoms. The van der Waals surface area contributed by atoms with Gasteiger partial charge in [-0.3, -0.25) is 4.68 Å². The van der Waals surface area contributed by atoms with Crippen molar-refractivity contribution in [3.05, 3.63) is 28.5 Å². The average molecular weight is 209 g/mol. The van der Waals surface area contributed by atoms with Gasteiger partial charge in [0.25, 0.3) is 0 Å². The quantitative estimate of drug-likeness (QED) is 0.787. The van der Waals surface area contributed by atoms with E-state index in [0.29, 0.717) is 0 Å². The van der Waals surface area contributed by atoms with Crippen molar-refractivity contribution < 1.29 is 0 Å². The highest BCUT2D eigenvalue weighted by atomic mass is 32.1. The molecule has 6 heteroatoms. The van der Waals surface area contributed by atoms with Crippen molar-refractivity contribution in [3.8, 4) is 0 Å². The molecule has 14 heavy (non-hydrogen) atoms. The second kappa shape index (κ2) is 3.47. The van der Waals surface area contributed by atoms with E-state index >= 15 is 0 Å². The summed E-state index contributed by atoms with van der Waals surface area (Å²) in [4.78, 5) is 0.994. The van der Waals surface area contributed by atoms with E-state index in [4.69, 9.17) is 5.73 Å². The Morgan fingerprint density at radius 3 is 2.86 bits per heavy atom. The van der Waals surface area contributed by atoms with Crippen molar-refractivity contribution in [2.75, 3.05) is 0 Å². The van der Waals surface area contributed by atoms with Gasteiger partial charge in [0.05, 0.1) is 22.3 Å². The SMILES string of the molecule is Cc1nnsc1C(N)c1ccnn1C. The van der Waals surface area contributed by atoms with E-state index in [2.05, 4.69) is 14.7 Å². The lowest BCUT2D eigenvalue weighted by molar-refractivity contribution is 0.675. The first-order chi connectivity index (χ1) is 6.70. The topological polar surface area (TPSA) is 69.6 Å². The largest absolute Gasteiger partial charge is 0.318 e. The molecule has 0 saturated carbocycles. The molecule has 5 nitrogen and oxygen atoms in total. The normalized spacial score (nSPS) is 13.1. The zero-order valence-corrected chi connectivity index (χ0v) is 8.82. The summed E-state index contributed by atoms with van der Waals surface area (Å²) in [5.74, 6) is 0. The van der Waals surface area contributed by atoms with Gasteiger partial charge in [0.2, 0.25) is 0 Å². The van der Waals surface area contributed by atoms with Crippen LogP contribution in [0.5, 0.6) is 0 Å². The number of hydrogen-bond acceptors (Lipinski definition) is 5. The molecule has 0 aromatic carbocycles. The summed E-state index contributed by atoms with van der Waals surface area (Å²) in [7, 11) is 1.87. The zero-order valence-electron chi connectivity index (χ0n) is 8.01. The third-order valence-electron chi connectivity index (χ3n) is 2.15. The molecule has 0 bridgehead atoms. The highest BCUT2D eigenvalue weighted by Crippen LogP contribution is 2.23. The van der Waals surface area contributed by atoms with Crippen LogP contribution in [-0.4, -0.2) is 19.4 Å². The van der Waals surface area contributed by atoms with Gasteiger partial charge in [-0.25, -0.2) is 0 Å². The predicted octanol–water partition coefficient (Wildman–Crippen LogP) is 0.628. The van der Waals surface area contributed by atoms with Crippen LogP contribution in [0.15, 0.2) is 12.3 Å². The molecular weight excluding hydrogens is 198 g/mol. The molecule has 0 radical (unpaired) electrons. The van der Waals surface area contributed by atoms with Crippen molar-refractivity contribution in [1.29, 1.82) is 0 Å². The van der Waals surface area contributed by atoms with Crippen molar-refractivity contribution in [2.24, 2.45) is 12.8 Å². The Balaban J connectivity index is 2.38. The third kappa shape index (κ3) is 1.42. The van der Waals surface area contributed by atoms with E-state index in [0.717, 1.165) is 16.3 Å². The Hall–Kier alpha value is -1.27. The minimum absolute atomic E-state index is 0.178. The van der Waals surface area contributed by atoms with E-state index in [1.54, 1.807) is 10.9 Å². The van der Waals surface area contributed by atoms with Gasteiger partial charge in [0, 0.05) is 13.2 Å². The molecule has 2 aromatic heterocycles. The van der Waals surface area contributed by atoms with Crippen LogP contribution in [0, 0.1) is 6.92 Å². The van der Waals surface area contributed by atoms with Crippen LogP contribution >= 0.6 is 11.5 Å². The Labute approximate surface area is 85.7 Å². The molecule has 1 atom stereocenters. The average Bonchev–Trinajstić information content (AvgIpc) is 2.73. The lowest BCUT2D eigenvalue weighted by Gasteiger charge is -2.09. The van der Waals surface area contributed by atoms with Crippen molar-refractivity contribution in [3.63, 3.8) is 0 Å². The number of nitrogens with two attached hydrogens (primary N) is 1. The molecule has 0 fully saturated rings. The van der Waals surface area contributed by atoms with Crippen LogP contribution in [0.1, 0.15) is 22.3 Å². The Morgan fingerprint density at radius 1 is 1.57 bits per heavy atom. The van der Waals surface area contributed by atoms with Gasteiger partial charge in [-0.1, -0.05) is 4.49 Å². The lowest BCUT2D eigenvalue weighted by Crippen LogP contribution is -2.15. The minimum atomic E-state index is -0.178. The molecular formula is C8H11N5S. The van der Waals surface area contributed by atoms with Gasteiger partial charge in [-0.05, 0) is 24.5 Å². The molecule has 2 aromatic rings. The second-order valence-electron chi connectivity index (χ2n) is 3.08. The van der Waals surface area contributed by atoms with Gasteiger partial charge in [0.15, 0.2) is 0 Å². The number of rotatable bonds is 2. The Kier molecular flexibility index (Phi) is 2.30. The predicted molar refractivity (Wildman–Crippen MR) is 53.9 cm³/mol. The zero-order chi connectivity index (χ0) is 10.1. The molecule has 2 rings (SSSR count). The number of aromatic nitrogens is 4. The Bertz CT molecular complexity index is 392. The molecule has 0 amide bonds. The molecule has 1 unspecified atom stereocenters. The first-order valence-electron chi connectivity index (χ1n) is 4.22. The summed E-state index contributed by atoms with van der Waals surface area (Å²) in [5, 5.41) is 8.01. The fourth-order valence-corrected chi connectivity index (χ4v) is 2.00. The van der Waals surface area contributed by atoms with E-state index in [-0.39, 0.29) is 6.04 Å². The maximum Gasteiger partial charge on any atom is 0.0852 e. The molecule has 0 aliphatic heterocycles. The lowest BCUT2D eigenvalue weighted by atomic mass is 10.1. The summed E-state index contributed by atoms with van der Waals surface area (Å²) in [6, 6.07) is 1.73. The van der Waals surface area contributed by atoms with E-state index in [1.807, 2.05) is 20.0 Å². The maximum atomic E-state index is 6.08. The molecule has 0 aliphatic rings. The van der Waals surface area contributed by atoms with Crippen LogP contribution < -0.4 is 5.73 Å². The Morgan fingerprint density at radius 2 is 2.36 bits per heavy atom. The van der Waals surface area contributed by atoms with Gasteiger partial charge < -0.3 is 5.73 Å². The highest BCUT2D eigenvalue weighted by Gasteiger charge is 2.17. The molecule has 2 N–H and O–H groups in total. The number of aryl methyl sites for hydroxylation is 2. The summed E-state index contributed by atoms with van der Waals surface area (Å²) < 4.78 is 5.63. The molecule has 2 heterocycles. The monoisotopic (exact) mass is 209 g/mol. The van der Waals surface area contributed by atoms with Gasteiger partial charge in [-0.15, -0.1) is 5.10 Å². The fourth-order valence-electron chi connectivity index (χ4n) is 1.35. The van der Waals surface area contributed by atoms with Gasteiger partial charge in [0.1, 0.15) is 0 Å². The molecule has 0 aliphatic carbocycles. The van der Waals surface area contributed by atoms with Crippen LogP contribution in [0.25, 0.3) is 0 Å². The molecule has 0 saturated heterocycles. The highest BCUT2D eigenvalue weighted by molar-refractivity contribution is 7.05. The smallest absolute Gasteiger partial charge is 0.0852 e. The minimum Gasteiger partial charge on any atom is -0.318 e. The van der Waals surface area contributed by atoms with Crippen LogP contribution in [0.4, 0.5) is 0 Å². The van der Waals surface area contributed by atoms with Crippen molar-refractivity contribution in [1.82, 2.24) is 19.4 Å². The second-order valence-corrected chi connectivity index (χ2v) is 3.87. The standard InChI is InChI=1S/C8H11N5S/c1-5-8(14-12-11-5)7(9)6-3-4-10-13(6)2/h3-4,7H,9H2,1-2H3. The first kappa shape index (κ1) is 9.29. The fraction of sp³-hybridized carbons (Fsp3) is 0.375. The van der Waals surface area contributed by atoms with E-state index in [1.165, 1.54) is 11.5 Å². The summed E-state index contributed by atoms with van der Waals surface area (Å²) in [5.41, 5.74) is 7.94. The summed E-state index contributed by atoms with van der Waals surface area (Å²) in [6.07, 6.45) is 1.74. The summed E-state index contributed by atoms with van der Waals surface area (Å²) >= 11 is 1.34. The number of hydrogen-bond donors (Lipinski definition) is 1. The number of nitrogens with zero attached hydrogens (tertiary/aromatic N) is 4. The summed E-state index contributed by atoms with van der Waals surface area (Å²) in [6.45, 7) is 1.91. The van der Waals surface area contributed by atoms with E-state index in [9.17, 15) is 0 Å². The van der Waals surface area contributed by atoms with Crippen molar-refractivity contribution >= 4 is 11.5 Å². The van der Waals surface area contributed by atoms with Gasteiger partial charge >= 0.3 is 0 Å². The van der Waals surface area contributed by atoms with Crippen LogP contribution in [0.3, 0.4) is 0 Å². The van der Waals surface area contributed by atoms with Gasteiger partial charge in [-0.2, -0.15) is 5.10 Å². The van der Waals surface area contributed by atoms with Crippen LogP contribution in [-0.2, 0) is 7.05 Å². The van der Waals surface area contributed by atoms with Crippen LogP contribution in [0.2, 0.25) is 0 Å². The third-order valence-corrected chi connectivity index (χ3v) is 3.06. The van der Waals surface area contributed by atoms with Crippen molar-refractivity contribution in [2.45, 2.75) is 13.0 Å². The maximum absolute atomic E-state index is 6.08. The molecule has 74 valence electrons. The van der Waals surface area contributed by atoms with E-state index < -0.39 is 0 Å².